The summed E-state index contributed by atoms with van der Waals surface area (Å²) in [4.78, 5) is 11.3. The van der Waals surface area contributed by atoms with Gasteiger partial charge in [0.2, 0.25) is 0 Å². The van der Waals surface area contributed by atoms with Gasteiger partial charge in [0.1, 0.15) is 9.84 Å². The Hall–Kier alpha value is -0.620. The number of sulfone groups is 1. The van der Waals surface area contributed by atoms with Gasteiger partial charge in [-0.25, -0.2) is 8.42 Å². The van der Waals surface area contributed by atoms with Crippen LogP contribution >= 0.6 is 0 Å². The van der Waals surface area contributed by atoms with Gasteiger partial charge in [-0.1, -0.05) is 27.7 Å². The molecule has 5 nitrogen and oxygen atoms in total. The molecule has 124 valence electrons. The molecule has 1 aliphatic rings. The lowest BCUT2D eigenvalue weighted by atomic mass is 9.61. The van der Waals surface area contributed by atoms with Crippen LogP contribution in [-0.2, 0) is 14.6 Å². The molecule has 0 bridgehead atoms. The fourth-order valence-corrected chi connectivity index (χ4v) is 4.12. The lowest BCUT2D eigenvalue weighted by Crippen LogP contribution is -2.51. The normalized spacial score (nSPS) is 29.2. The van der Waals surface area contributed by atoms with E-state index in [0.29, 0.717) is 19.4 Å². The Morgan fingerprint density at radius 2 is 1.95 bits per heavy atom. The monoisotopic (exact) mass is 319 g/mol. The first-order chi connectivity index (χ1) is 9.62. The summed E-state index contributed by atoms with van der Waals surface area (Å²) < 4.78 is 22.9. The Morgan fingerprint density at radius 3 is 2.48 bits per heavy atom. The molecule has 1 aliphatic carbocycles. The highest BCUT2D eigenvalue weighted by Gasteiger charge is 2.45. The van der Waals surface area contributed by atoms with Crippen LogP contribution in [0.1, 0.15) is 47.0 Å². The maximum Gasteiger partial charge on any atom is 0.307 e. The van der Waals surface area contributed by atoms with E-state index < -0.39 is 15.8 Å². The van der Waals surface area contributed by atoms with E-state index in [1.807, 2.05) is 13.8 Å². The van der Waals surface area contributed by atoms with Crippen molar-refractivity contribution >= 4 is 15.8 Å². The van der Waals surface area contributed by atoms with Gasteiger partial charge in [-0.2, -0.15) is 0 Å². The molecule has 0 saturated heterocycles. The van der Waals surface area contributed by atoms with Crippen molar-refractivity contribution in [3.8, 4) is 0 Å². The van der Waals surface area contributed by atoms with Gasteiger partial charge in [-0.3, -0.25) is 4.79 Å². The summed E-state index contributed by atoms with van der Waals surface area (Å²) in [6.45, 7) is 8.47. The topological polar surface area (TPSA) is 83.5 Å². The van der Waals surface area contributed by atoms with E-state index in [0.717, 1.165) is 6.42 Å². The zero-order valence-corrected chi connectivity index (χ0v) is 14.4. The van der Waals surface area contributed by atoms with Crippen molar-refractivity contribution in [3.63, 3.8) is 0 Å². The Labute approximate surface area is 128 Å². The zero-order chi connectivity index (χ0) is 16.3. The summed E-state index contributed by atoms with van der Waals surface area (Å²) in [6.07, 6.45) is 2.13. The van der Waals surface area contributed by atoms with Crippen LogP contribution in [-0.4, -0.2) is 43.6 Å². The minimum Gasteiger partial charge on any atom is -0.481 e. The van der Waals surface area contributed by atoms with E-state index in [9.17, 15) is 18.3 Å². The number of hydrogen-bond donors (Lipinski definition) is 2. The molecule has 0 spiro atoms. The summed E-state index contributed by atoms with van der Waals surface area (Å²) >= 11 is 0. The first-order valence-electron chi connectivity index (χ1n) is 7.78. The maximum atomic E-state index is 11.4. The van der Waals surface area contributed by atoms with Gasteiger partial charge in [0.05, 0.1) is 11.7 Å². The number of rotatable bonds is 7. The molecule has 21 heavy (non-hydrogen) atoms. The molecule has 2 N–H and O–H groups in total. The number of carboxylic acids is 1. The molecule has 0 aliphatic heterocycles. The predicted molar refractivity (Wildman–Crippen MR) is 84.0 cm³/mol. The maximum absolute atomic E-state index is 11.4. The van der Waals surface area contributed by atoms with Gasteiger partial charge in [-0.15, -0.1) is 0 Å². The average molecular weight is 319 g/mol. The van der Waals surface area contributed by atoms with Gasteiger partial charge in [0, 0.05) is 11.8 Å². The molecule has 0 aromatic rings. The van der Waals surface area contributed by atoms with Gasteiger partial charge in [0.15, 0.2) is 0 Å². The van der Waals surface area contributed by atoms with E-state index >= 15 is 0 Å². The summed E-state index contributed by atoms with van der Waals surface area (Å²) in [5.41, 5.74) is -0.253. The van der Waals surface area contributed by atoms with Gasteiger partial charge in [-0.05, 0) is 37.1 Å². The van der Waals surface area contributed by atoms with Crippen molar-refractivity contribution in [2.45, 2.75) is 53.0 Å². The summed E-state index contributed by atoms with van der Waals surface area (Å²) in [7, 11) is -2.90. The standard InChI is InChI=1S/C15H29NO4S/c1-5-21(19,20)10-6-9-16-13-8-7-12(14(17)18)15(3,4)11(13)2/h11-13,16H,5-10H2,1-4H3,(H,17,18). The third-order valence-corrected chi connectivity index (χ3v) is 7.01. The van der Waals surface area contributed by atoms with Crippen LogP contribution in [0.15, 0.2) is 0 Å². The number of carbonyl (C=O) groups is 1. The molecule has 1 rings (SSSR count). The summed E-state index contributed by atoms with van der Waals surface area (Å²) in [5.74, 6) is -0.348. The molecule has 0 amide bonds. The fourth-order valence-electron chi connectivity index (χ4n) is 3.25. The van der Waals surface area contributed by atoms with Crippen LogP contribution in [0.3, 0.4) is 0 Å². The van der Waals surface area contributed by atoms with E-state index in [2.05, 4.69) is 12.2 Å². The molecule has 1 saturated carbocycles. The molecule has 0 radical (unpaired) electrons. The number of nitrogens with one attached hydrogen (secondary N) is 1. The SMILES string of the molecule is CCS(=O)(=O)CCCNC1CCC(C(=O)O)C(C)(C)C1C. The Balaban J connectivity index is 2.50. The molecule has 1 fully saturated rings. The highest BCUT2D eigenvalue weighted by Crippen LogP contribution is 2.45. The highest BCUT2D eigenvalue weighted by atomic mass is 32.2. The van der Waals surface area contributed by atoms with Crippen LogP contribution in [0.4, 0.5) is 0 Å². The highest BCUT2D eigenvalue weighted by molar-refractivity contribution is 7.91. The van der Waals surface area contributed by atoms with E-state index in [4.69, 9.17) is 0 Å². The lowest BCUT2D eigenvalue weighted by Gasteiger charge is -2.46. The number of hydrogen-bond acceptors (Lipinski definition) is 4. The zero-order valence-electron chi connectivity index (χ0n) is 13.6. The van der Waals surface area contributed by atoms with Crippen molar-refractivity contribution in [3.05, 3.63) is 0 Å². The average Bonchev–Trinajstić information content (AvgIpc) is 2.38. The van der Waals surface area contributed by atoms with Gasteiger partial charge in [0.25, 0.3) is 0 Å². The first kappa shape index (κ1) is 18.4. The number of carboxylic acid groups (broad SMARTS) is 1. The molecule has 0 aromatic carbocycles. The Bertz CT molecular complexity index is 458. The van der Waals surface area contributed by atoms with Crippen molar-refractivity contribution in [2.75, 3.05) is 18.1 Å². The van der Waals surface area contributed by atoms with Crippen LogP contribution in [0, 0.1) is 17.3 Å². The third kappa shape index (κ3) is 4.68. The van der Waals surface area contributed by atoms with E-state index in [1.165, 1.54) is 0 Å². The van der Waals surface area contributed by atoms with Gasteiger partial charge < -0.3 is 10.4 Å². The minimum atomic E-state index is -2.90. The van der Waals surface area contributed by atoms with Crippen LogP contribution < -0.4 is 5.32 Å². The van der Waals surface area contributed by atoms with Crippen LogP contribution in [0.5, 0.6) is 0 Å². The summed E-state index contributed by atoms with van der Waals surface area (Å²) in [6, 6.07) is 0.264. The second-order valence-electron chi connectivity index (χ2n) is 6.73. The molecule has 6 heteroatoms. The smallest absolute Gasteiger partial charge is 0.307 e. The van der Waals surface area contributed by atoms with Crippen molar-refractivity contribution in [2.24, 2.45) is 17.3 Å². The molecular formula is C15H29NO4S. The van der Waals surface area contributed by atoms with Crippen LogP contribution in [0.25, 0.3) is 0 Å². The molecular weight excluding hydrogens is 290 g/mol. The Morgan fingerprint density at radius 1 is 1.33 bits per heavy atom. The van der Waals surface area contributed by atoms with E-state index in [1.54, 1.807) is 6.92 Å². The van der Waals surface area contributed by atoms with Crippen molar-refractivity contribution in [1.29, 1.82) is 0 Å². The predicted octanol–water partition coefficient (Wildman–Crippen LogP) is 1.93. The first-order valence-corrected chi connectivity index (χ1v) is 9.60. The van der Waals surface area contributed by atoms with Gasteiger partial charge >= 0.3 is 5.97 Å². The quantitative estimate of drug-likeness (QED) is 0.701. The summed E-state index contributed by atoms with van der Waals surface area (Å²) in [5, 5.41) is 12.7. The number of aliphatic carboxylic acids is 1. The lowest BCUT2D eigenvalue weighted by molar-refractivity contribution is -0.150. The fraction of sp³-hybridized carbons (Fsp3) is 0.933. The molecule has 0 aromatic heterocycles. The second kappa shape index (κ2) is 7.09. The molecule has 3 unspecified atom stereocenters. The molecule has 3 atom stereocenters. The van der Waals surface area contributed by atoms with Crippen molar-refractivity contribution < 1.29 is 18.3 Å². The molecule has 0 heterocycles. The van der Waals surface area contributed by atoms with Crippen LogP contribution in [0.2, 0.25) is 0 Å². The largest absolute Gasteiger partial charge is 0.481 e. The van der Waals surface area contributed by atoms with E-state index in [-0.39, 0.29) is 34.8 Å². The minimum absolute atomic E-state index is 0.195. The second-order valence-corrected chi connectivity index (χ2v) is 9.20. The van der Waals surface area contributed by atoms with Crippen molar-refractivity contribution in [1.82, 2.24) is 5.32 Å². The Kier molecular flexibility index (Phi) is 6.23. The third-order valence-electron chi connectivity index (χ3n) is 5.22.